The van der Waals surface area contributed by atoms with E-state index in [4.69, 9.17) is 21.1 Å². The maximum Gasteiger partial charge on any atom is 0.162 e. The van der Waals surface area contributed by atoms with Gasteiger partial charge in [-0.2, -0.15) is 0 Å². The molecule has 6 heteroatoms. The largest absolute Gasteiger partial charge is 0.382 e. The molecule has 0 saturated heterocycles. The summed E-state index contributed by atoms with van der Waals surface area (Å²) in [6.45, 7) is 1.44. The van der Waals surface area contributed by atoms with E-state index in [2.05, 4.69) is 9.97 Å². The van der Waals surface area contributed by atoms with Crippen molar-refractivity contribution in [2.75, 3.05) is 20.3 Å². The molecule has 0 aliphatic carbocycles. The van der Waals surface area contributed by atoms with Gasteiger partial charge in [0.2, 0.25) is 0 Å². The number of hydrogen-bond donors (Lipinski definition) is 0. The number of hydrogen-bond acceptors (Lipinski definition) is 4. The molecule has 2 aromatic heterocycles. The van der Waals surface area contributed by atoms with Crippen molar-refractivity contribution in [2.45, 2.75) is 6.73 Å². The number of methoxy groups -OCH3 is 1. The Labute approximate surface area is 133 Å². The molecule has 22 heavy (non-hydrogen) atoms. The Morgan fingerprint density at radius 3 is 2.73 bits per heavy atom. The highest BCUT2D eigenvalue weighted by Gasteiger charge is 2.13. The van der Waals surface area contributed by atoms with E-state index < -0.39 is 0 Å². The fourth-order valence-electron chi connectivity index (χ4n) is 2.20. The molecule has 3 aromatic rings. The molecule has 0 amide bonds. The molecule has 3 rings (SSSR count). The number of rotatable bonds is 6. The Morgan fingerprint density at radius 1 is 1.14 bits per heavy atom. The van der Waals surface area contributed by atoms with Crippen LogP contribution in [0.15, 0.2) is 42.6 Å². The second-order valence-electron chi connectivity index (χ2n) is 4.75. The van der Waals surface area contributed by atoms with Gasteiger partial charge in [-0.1, -0.05) is 11.6 Å². The lowest BCUT2D eigenvalue weighted by molar-refractivity contribution is 0.0363. The smallest absolute Gasteiger partial charge is 0.162 e. The Kier molecular flexibility index (Phi) is 4.68. The first-order chi connectivity index (χ1) is 10.8. The molecule has 0 N–H and O–H groups in total. The second-order valence-corrected chi connectivity index (χ2v) is 5.18. The molecule has 0 spiro atoms. The number of pyridine rings is 1. The SMILES string of the molecule is COCCOCn1c(-c2ccc(Cl)cc2)nc2cccnc21. The first-order valence-corrected chi connectivity index (χ1v) is 7.31. The van der Waals surface area contributed by atoms with Gasteiger partial charge in [0.1, 0.15) is 18.1 Å². The molecular weight excluding hydrogens is 302 g/mol. The fourth-order valence-corrected chi connectivity index (χ4v) is 2.32. The van der Waals surface area contributed by atoms with E-state index >= 15 is 0 Å². The van der Waals surface area contributed by atoms with Gasteiger partial charge in [0.05, 0.1) is 13.2 Å². The van der Waals surface area contributed by atoms with Crippen LogP contribution in [0.25, 0.3) is 22.6 Å². The van der Waals surface area contributed by atoms with Crippen LogP contribution in [0.2, 0.25) is 5.02 Å². The standard InChI is InChI=1S/C16H16ClN3O2/c1-21-9-10-22-11-20-15(12-4-6-13(17)7-5-12)19-14-3-2-8-18-16(14)20/h2-8H,9-11H2,1H3. The van der Waals surface area contributed by atoms with Crippen LogP contribution in [0.1, 0.15) is 0 Å². The third-order valence-electron chi connectivity index (χ3n) is 3.26. The van der Waals surface area contributed by atoms with E-state index in [9.17, 15) is 0 Å². The summed E-state index contributed by atoms with van der Waals surface area (Å²) >= 11 is 5.96. The number of halogens is 1. The zero-order valence-electron chi connectivity index (χ0n) is 12.2. The van der Waals surface area contributed by atoms with Crippen molar-refractivity contribution < 1.29 is 9.47 Å². The number of imidazole rings is 1. The minimum absolute atomic E-state index is 0.370. The number of ether oxygens (including phenoxy) is 2. The van der Waals surface area contributed by atoms with E-state index in [1.54, 1.807) is 13.3 Å². The molecule has 0 aliphatic rings. The van der Waals surface area contributed by atoms with Crippen molar-refractivity contribution in [1.29, 1.82) is 0 Å². The van der Waals surface area contributed by atoms with Gasteiger partial charge < -0.3 is 9.47 Å². The maximum atomic E-state index is 5.96. The average molecular weight is 318 g/mol. The van der Waals surface area contributed by atoms with Crippen LogP contribution in [-0.4, -0.2) is 34.9 Å². The van der Waals surface area contributed by atoms with Gasteiger partial charge in [0.25, 0.3) is 0 Å². The van der Waals surface area contributed by atoms with Crippen molar-refractivity contribution >= 4 is 22.8 Å². The highest BCUT2D eigenvalue weighted by Crippen LogP contribution is 2.24. The number of benzene rings is 1. The van der Waals surface area contributed by atoms with Crippen LogP contribution in [0, 0.1) is 0 Å². The van der Waals surface area contributed by atoms with Crippen LogP contribution >= 0.6 is 11.6 Å². The predicted octanol–water partition coefficient (Wildman–Crippen LogP) is 3.37. The van der Waals surface area contributed by atoms with Gasteiger partial charge in [-0.15, -0.1) is 0 Å². The molecule has 1 aromatic carbocycles. The lowest BCUT2D eigenvalue weighted by atomic mass is 10.2. The third kappa shape index (κ3) is 3.11. The van der Waals surface area contributed by atoms with Crippen molar-refractivity contribution in [3.8, 4) is 11.4 Å². The summed E-state index contributed by atoms with van der Waals surface area (Å²) in [6.07, 6.45) is 1.75. The summed E-state index contributed by atoms with van der Waals surface area (Å²) in [4.78, 5) is 9.06. The molecule has 0 radical (unpaired) electrons. The topological polar surface area (TPSA) is 49.2 Å². The molecule has 0 saturated carbocycles. The lowest BCUT2D eigenvalue weighted by Gasteiger charge is -2.09. The van der Waals surface area contributed by atoms with Gasteiger partial charge in [-0.05, 0) is 36.4 Å². The first-order valence-electron chi connectivity index (χ1n) is 6.93. The van der Waals surface area contributed by atoms with Gasteiger partial charge >= 0.3 is 0 Å². The summed E-state index contributed by atoms with van der Waals surface area (Å²) in [5, 5.41) is 0.695. The predicted molar refractivity (Wildman–Crippen MR) is 85.8 cm³/mol. The molecule has 0 aliphatic heterocycles. The summed E-state index contributed by atoms with van der Waals surface area (Å²) < 4.78 is 12.6. The van der Waals surface area contributed by atoms with E-state index in [0.29, 0.717) is 25.0 Å². The Morgan fingerprint density at radius 2 is 1.95 bits per heavy atom. The average Bonchev–Trinajstić information content (AvgIpc) is 2.91. The van der Waals surface area contributed by atoms with Crippen LogP contribution in [0.3, 0.4) is 0 Å². The summed E-state index contributed by atoms with van der Waals surface area (Å²) in [5.41, 5.74) is 2.60. The summed E-state index contributed by atoms with van der Waals surface area (Å²) in [6, 6.07) is 11.4. The number of aromatic nitrogens is 3. The molecule has 0 bridgehead atoms. The molecule has 0 atom stereocenters. The Bertz CT molecular complexity index is 756. The quantitative estimate of drug-likeness (QED) is 0.654. The molecule has 114 valence electrons. The third-order valence-corrected chi connectivity index (χ3v) is 3.51. The maximum absolute atomic E-state index is 5.96. The monoisotopic (exact) mass is 317 g/mol. The van der Waals surface area contributed by atoms with E-state index in [1.165, 1.54) is 0 Å². The second kappa shape index (κ2) is 6.87. The number of nitrogens with zero attached hydrogens (tertiary/aromatic N) is 3. The van der Waals surface area contributed by atoms with Crippen LogP contribution in [-0.2, 0) is 16.2 Å². The summed E-state index contributed by atoms with van der Waals surface area (Å²) in [5.74, 6) is 0.808. The molecule has 2 heterocycles. The molecule has 0 fully saturated rings. The zero-order valence-corrected chi connectivity index (χ0v) is 13.0. The van der Waals surface area contributed by atoms with Gasteiger partial charge in [-0.3, -0.25) is 4.57 Å². The Hall–Kier alpha value is -1.95. The van der Waals surface area contributed by atoms with E-state index in [-0.39, 0.29) is 0 Å². The van der Waals surface area contributed by atoms with E-state index in [0.717, 1.165) is 22.6 Å². The minimum Gasteiger partial charge on any atom is -0.382 e. The zero-order chi connectivity index (χ0) is 15.4. The van der Waals surface area contributed by atoms with Crippen molar-refractivity contribution in [3.05, 3.63) is 47.6 Å². The van der Waals surface area contributed by atoms with E-state index in [1.807, 2.05) is 41.0 Å². The summed E-state index contributed by atoms with van der Waals surface area (Å²) in [7, 11) is 1.65. The van der Waals surface area contributed by atoms with Gasteiger partial charge in [-0.25, -0.2) is 9.97 Å². The highest BCUT2D eigenvalue weighted by molar-refractivity contribution is 6.30. The first kappa shape index (κ1) is 15.0. The van der Waals surface area contributed by atoms with Crippen molar-refractivity contribution in [1.82, 2.24) is 14.5 Å². The van der Waals surface area contributed by atoms with Crippen LogP contribution < -0.4 is 0 Å². The highest BCUT2D eigenvalue weighted by atomic mass is 35.5. The fraction of sp³-hybridized carbons (Fsp3) is 0.250. The van der Waals surface area contributed by atoms with Crippen molar-refractivity contribution in [2.24, 2.45) is 0 Å². The van der Waals surface area contributed by atoms with Crippen molar-refractivity contribution in [3.63, 3.8) is 0 Å². The molecular formula is C16H16ClN3O2. The lowest BCUT2D eigenvalue weighted by Crippen LogP contribution is -2.09. The number of fused-ring (bicyclic) bond motifs is 1. The normalized spacial score (nSPS) is 11.2. The molecule has 5 nitrogen and oxygen atoms in total. The Balaban J connectivity index is 1.98. The van der Waals surface area contributed by atoms with Gasteiger partial charge in [0, 0.05) is 23.9 Å². The van der Waals surface area contributed by atoms with Gasteiger partial charge in [0.15, 0.2) is 5.65 Å². The van der Waals surface area contributed by atoms with Crippen LogP contribution in [0.4, 0.5) is 0 Å². The van der Waals surface area contributed by atoms with Crippen LogP contribution in [0.5, 0.6) is 0 Å². The minimum atomic E-state index is 0.370. The molecule has 0 unspecified atom stereocenters.